The van der Waals surface area contributed by atoms with Gasteiger partial charge in [0.25, 0.3) is 0 Å². The van der Waals surface area contributed by atoms with E-state index < -0.39 is 39.1 Å². The molecule has 0 spiro atoms. The average molecular weight is 435 g/mol. The summed E-state index contributed by atoms with van der Waals surface area (Å²) in [4.78, 5) is 12.9. The van der Waals surface area contributed by atoms with Crippen LogP contribution in [0, 0.1) is 0 Å². The minimum Gasteiger partial charge on any atom is -0.290 e. The van der Waals surface area contributed by atoms with Gasteiger partial charge in [-0.2, -0.15) is 22.6 Å². The molecule has 2 atom stereocenters. The molecule has 0 radical (unpaired) electrons. The molecule has 1 N–H and O–H groups in total. The maximum absolute atomic E-state index is 13.6. The predicted molar refractivity (Wildman–Crippen MR) is 102 cm³/mol. The molecule has 2 aliphatic heterocycles. The summed E-state index contributed by atoms with van der Waals surface area (Å²) in [7, 11) is -4.41. The molecule has 1 aromatic heterocycles. The highest BCUT2D eigenvalue weighted by atomic mass is 32.2. The number of Topliss-reactive ketones (excluding diaryl/α,β-unsaturated/α-hetero) is 1. The van der Waals surface area contributed by atoms with Crippen molar-refractivity contribution in [2.24, 2.45) is 0 Å². The van der Waals surface area contributed by atoms with E-state index in [0.29, 0.717) is 23.3 Å². The van der Waals surface area contributed by atoms with Gasteiger partial charge < -0.3 is 0 Å². The van der Waals surface area contributed by atoms with Crippen molar-refractivity contribution < 1.29 is 26.4 Å². The molecule has 0 saturated heterocycles. The summed E-state index contributed by atoms with van der Waals surface area (Å²) in [5.74, 6) is -0.527. The Bertz CT molecular complexity index is 1210. The number of nitrogens with one attached hydrogen (secondary N) is 1. The highest BCUT2D eigenvalue weighted by molar-refractivity contribution is 7.89. The van der Waals surface area contributed by atoms with E-state index in [1.807, 2.05) is 0 Å². The Hall–Kier alpha value is -2.98. The molecule has 2 unspecified atom stereocenters. The number of aromatic nitrogens is 2. The fourth-order valence-corrected chi connectivity index (χ4v) is 5.64. The SMILES string of the molecule is C=C1/C=C\C=C/C2(C)C(=O)c3[nH]ncc3C1N2S(=O)(=O)c1ccc(C(F)(F)F)cc1. The summed E-state index contributed by atoms with van der Waals surface area (Å²) in [6.45, 7) is 5.39. The van der Waals surface area contributed by atoms with Crippen LogP contribution in [0.5, 0.6) is 0 Å². The van der Waals surface area contributed by atoms with Gasteiger partial charge in [0.05, 0.1) is 22.7 Å². The number of nitrogens with zero attached hydrogens (tertiary/aromatic N) is 2. The maximum atomic E-state index is 13.6. The van der Waals surface area contributed by atoms with E-state index in [1.165, 1.54) is 25.3 Å². The average Bonchev–Trinajstić information content (AvgIpc) is 3.15. The second-order valence-corrected chi connectivity index (χ2v) is 9.01. The van der Waals surface area contributed by atoms with Gasteiger partial charge in [-0.05, 0) is 36.8 Å². The Kier molecular flexibility index (Phi) is 4.41. The van der Waals surface area contributed by atoms with Crippen molar-refractivity contribution in [1.29, 1.82) is 0 Å². The van der Waals surface area contributed by atoms with Gasteiger partial charge in [-0.3, -0.25) is 9.89 Å². The molecular weight excluding hydrogens is 419 g/mol. The summed E-state index contributed by atoms with van der Waals surface area (Å²) in [6.07, 6.45) is 3.00. The molecule has 3 heterocycles. The van der Waals surface area contributed by atoms with Gasteiger partial charge in [0.15, 0.2) is 0 Å². The van der Waals surface area contributed by atoms with Crippen LogP contribution in [0.25, 0.3) is 0 Å². The highest BCUT2D eigenvalue weighted by Gasteiger charge is 2.55. The van der Waals surface area contributed by atoms with Crippen molar-refractivity contribution in [2.75, 3.05) is 0 Å². The second-order valence-electron chi connectivity index (χ2n) is 7.20. The number of allylic oxidation sites excluding steroid dienone is 2. The quantitative estimate of drug-likeness (QED) is 0.778. The van der Waals surface area contributed by atoms with Crippen LogP contribution in [0.15, 0.2) is 71.8 Å². The first kappa shape index (κ1) is 20.3. The zero-order valence-electron chi connectivity index (χ0n) is 15.6. The van der Waals surface area contributed by atoms with Crippen molar-refractivity contribution >= 4 is 15.8 Å². The Balaban J connectivity index is 1.94. The lowest BCUT2D eigenvalue weighted by molar-refractivity contribution is -0.137. The zero-order chi connectivity index (χ0) is 21.9. The summed E-state index contributed by atoms with van der Waals surface area (Å²) >= 11 is 0. The van der Waals surface area contributed by atoms with Crippen molar-refractivity contribution in [3.63, 3.8) is 0 Å². The van der Waals surface area contributed by atoms with Gasteiger partial charge >= 0.3 is 6.18 Å². The molecule has 10 heteroatoms. The Morgan fingerprint density at radius 2 is 1.87 bits per heavy atom. The van der Waals surface area contributed by atoms with E-state index in [0.717, 1.165) is 16.4 Å². The van der Waals surface area contributed by atoms with Crippen molar-refractivity contribution in [2.45, 2.75) is 29.6 Å². The number of alkyl halides is 3. The summed E-state index contributed by atoms with van der Waals surface area (Å²) in [5.41, 5.74) is -1.73. The molecule has 6 nitrogen and oxygen atoms in total. The second kappa shape index (κ2) is 6.51. The number of fused-ring (bicyclic) bond motifs is 4. The topological polar surface area (TPSA) is 83.1 Å². The standard InChI is InChI=1S/C20H16F3N3O3S/c1-12-5-3-4-10-19(2)18(27)16-15(11-24-25-16)17(12)26(19)30(28,29)14-8-6-13(7-9-14)20(21,22)23/h3-11,17H,1H2,2H3,(H,24,25)/b5-3-,10-4-. The molecule has 2 bridgehead atoms. The zero-order valence-corrected chi connectivity index (χ0v) is 16.5. The van der Waals surface area contributed by atoms with Crippen LogP contribution in [0.4, 0.5) is 13.2 Å². The van der Waals surface area contributed by atoms with Crippen LogP contribution in [-0.4, -0.2) is 34.2 Å². The monoisotopic (exact) mass is 435 g/mol. The number of hydrogen-bond acceptors (Lipinski definition) is 4. The number of carbonyl (C=O) groups is 1. The first-order valence-corrected chi connectivity index (χ1v) is 10.3. The van der Waals surface area contributed by atoms with Crippen LogP contribution >= 0.6 is 0 Å². The van der Waals surface area contributed by atoms with E-state index in [4.69, 9.17) is 0 Å². The number of aromatic amines is 1. The van der Waals surface area contributed by atoms with E-state index in [2.05, 4.69) is 16.8 Å². The number of halogens is 3. The molecule has 0 saturated carbocycles. The van der Waals surface area contributed by atoms with Gasteiger partial charge in [-0.25, -0.2) is 8.42 Å². The minimum atomic E-state index is -4.60. The van der Waals surface area contributed by atoms with Crippen LogP contribution in [-0.2, 0) is 16.2 Å². The van der Waals surface area contributed by atoms with Crippen LogP contribution in [0.2, 0.25) is 0 Å². The molecule has 0 amide bonds. The Morgan fingerprint density at radius 3 is 2.50 bits per heavy atom. The summed E-state index contributed by atoms with van der Waals surface area (Å²) < 4.78 is 66.9. The number of benzene rings is 1. The first-order chi connectivity index (χ1) is 14.0. The lowest BCUT2D eigenvalue weighted by atomic mass is 9.81. The lowest BCUT2D eigenvalue weighted by Gasteiger charge is -2.45. The molecular formula is C20H16F3N3O3S. The number of hydrogen-bond donors (Lipinski definition) is 1. The number of ketones is 1. The molecule has 2 aromatic rings. The fraction of sp³-hybridized carbons (Fsp3) is 0.200. The maximum Gasteiger partial charge on any atom is 0.416 e. The smallest absolute Gasteiger partial charge is 0.290 e. The molecule has 156 valence electrons. The Labute approximate surface area is 170 Å². The minimum absolute atomic E-state index is 0.169. The van der Waals surface area contributed by atoms with Crippen molar-refractivity contribution in [3.8, 4) is 0 Å². The third kappa shape index (κ3) is 2.86. The molecule has 0 aliphatic carbocycles. The molecule has 1 aromatic carbocycles. The largest absolute Gasteiger partial charge is 0.416 e. The van der Waals surface area contributed by atoms with E-state index in [-0.39, 0.29) is 10.6 Å². The van der Waals surface area contributed by atoms with Crippen LogP contribution in [0.1, 0.15) is 34.6 Å². The molecule has 2 aliphatic rings. The number of carbonyl (C=O) groups excluding carboxylic acids is 1. The van der Waals surface area contributed by atoms with E-state index in [1.54, 1.807) is 12.2 Å². The van der Waals surface area contributed by atoms with E-state index >= 15 is 0 Å². The molecule has 4 rings (SSSR count). The lowest BCUT2D eigenvalue weighted by Crippen LogP contribution is -2.58. The fourth-order valence-electron chi connectivity index (χ4n) is 3.76. The predicted octanol–water partition coefficient (Wildman–Crippen LogP) is 3.80. The van der Waals surface area contributed by atoms with Gasteiger partial charge in [0.1, 0.15) is 11.2 Å². The Morgan fingerprint density at radius 1 is 1.20 bits per heavy atom. The van der Waals surface area contributed by atoms with Crippen LogP contribution < -0.4 is 0 Å². The third-order valence-electron chi connectivity index (χ3n) is 5.27. The van der Waals surface area contributed by atoms with Crippen LogP contribution in [0.3, 0.4) is 0 Å². The molecule has 0 fully saturated rings. The normalized spacial score (nSPS) is 26.6. The van der Waals surface area contributed by atoms with Gasteiger partial charge in [0.2, 0.25) is 15.8 Å². The number of rotatable bonds is 2. The van der Waals surface area contributed by atoms with Gasteiger partial charge in [0, 0.05) is 5.56 Å². The summed E-state index contributed by atoms with van der Waals surface area (Å²) in [5, 5.41) is 6.51. The number of H-pyrrole nitrogens is 1. The third-order valence-corrected chi connectivity index (χ3v) is 7.25. The van der Waals surface area contributed by atoms with E-state index in [9.17, 15) is 26.4 Å². The first-order valence-electron chi connectivity index (χ1n) is 8.82. The number of sulfonamides is 1. The summed E-state index contributed by atoms with van der Waals surface area (Å²) in [6, 6.07) is 2.21. The van der Waals surface area contributed by atoms with Gasteiger partial charge in [-0.1, -0.05) is 30.9 Å². The molecule has 30 heavy (non-hydrogen) atoms. The van der Waals surface area contributed by atoms with Crippen molar-refractivity contribution in [3.05, 3.63) is 83.7 Å². The van der Waals surface area contributed by atoms with Gasteiger partial charge in [-0.15, -0.1) is 0 Å². The van der Waals surface area contributed by atoms with Crippen molar-refractivity contribution in [1.82, 2.24) is 14.5 Å². The highest BCUT2D eigenvalue weighted by Crippen LogP contribution is 2.46.